The van der Waals surface area contributed by atoms with Crippen LogP contribution in [0.3, 0.4) is 0 Å². The lowest BCUT2D eigenvalue weighted by molar-refractivity contribution is -0.149. The van der Waals surface area contributed by atoms with Crippen LogP contribution in [0.15, 0.2) is 24.3 Å². The maximum atomic E-state index is 12.3. The van der Waals surface area contributed by atoms with Crippen LogP contribution in [0.1, 0.15) is 45.6 Å². The van der Waals surface area contributed by atoms with Crippen LogP contribution in [0.2, 0.25) is 0 Å². The zero-order chi connectivity index (χ0) is 15.7. The molecule has 0 aliphatic rings. The van der Waals surface area contributed by atoms with E-state index >= 15 is 0 Å². The highest BCUT2D eigenvalue weighted by Crippen LogP contribution is 2.25. The summed E-state index contributed by atoms with van der Waals surface area (Å²) in [5.41, 5.74) is 1.07. The maximum absolute atomic E-state index is 12.3. The number of para-hydroxylation sites is 1. The van der Waals surface area contributed by atoms with Gasteiger partial charge < -0.3 is 9.47 Å². The molecule has 0 amide bonds. The van der Waals surface area contributed by atoms with E-state index in [2.05, 4.69) is 20.8 Å². The van der Waals surface area contributed by atoms with Crippen molar-refractivity contribution >= 4 is 5.97 Å². The van der Waals surface area contributed by atoms with Crippen molar-refractivity contribution in [3.05, 3.63) is 29.8 Å². The fourth-order valence-electron chi connectivity index (χ4n) is 2.40. The van der Waals surface area contributed by atoms with Crippen molar-refractivity contribution in [3.63, 3.8) is 0 Å². The van der Waals surface area contributed by atoms with Gasteiger partial charge in [0.15, 0.2) is 0 Å². The van der Waals surface area contributed by atoms with Crippen LogP contribution >= 0.6 is 0 Å². The van der Waals surface area contributed by atoms with E-state index in [1.54, 1.807) is 7.11 Å². The van der Waals surface area contributed by atoms with Gasteiger partial charge >= 0.3 is 5.97 Å². The molecule has 1 unspecified atom stereocenters. The molecule has 0 N–H and O–H groups in total. The zero-order valence-corrected chi connectivity index (χ0v) is 13.7. The van der Waals surface area contributed by atoms with E-state index in [-0.39, 0.29) is 11.9 Å². The number of esters is 1. The highest BCUT2D eigenvalue weighted by atomic mass is 16.5. The molecule has 0 radical (unpaired) electrons. The number of carbonyl (C=O) groups is 1. The summed E-state index contributed by atoms with van der Waals surface area (Å²) in [4.78, 5) is 12.3. The normalized spacial score (nSPS) is 12.2. The summed E-state index contributed by atoms with van der Waals surface area (Å²) in [5, 5.41) is 0. The zero-order valence-electron chi connectivity index (χ0n) is 13.7. The fraction of sp³-hybridized carbons (Fsp3) is 0.611. The van der Waals surface area contributed by atoms with E-state index in [1.165, 1.54) is 0 Å². The molecule has 118 valence electrons. The van der Waals surface area contributed by atoms with Crippen LogP contribution in [0.5, 0.6) is 5.75 Å². The molecule has 0 bridgehead atoms. The molecular formula is C18H28O3. The Morgan fingerprint density at radius 2 is 1.95 bits per heavy atom. The first-order chi connectivity index (χ1) is 10.1. The van der Waals surface area contributed by atoms with Crippen LogP contribution < -0.4 is 4.74 Å². The van der Waals surface area contributed by atoms with E-state index in [0.717, 1.165) is 30.6 Å². The monoisotopic (exact) mass is 292 g/mol. The van der Waals surface area contributed by atoms with E-state index in [0.29, 0.717) is 18.9 Å². The third-order valence-corrected chi connectivity index (χ3v) is 3.49. The standard InChI is InChI=1S/C18H28O3/c1-5-6-11-21-18(19)16(12-14(2)3)13-15-9-7-8-10-17(15)20-4/h7-10,14,16H,5-6,11-13H2,1-4H3. The van der Waals surface area contributed by atoms with Crippen molar-refractivity contribution < 1.29 is 14.3 Å². The van der Waals surface area contributed by atoms with Crippen LogP contribution in [0.4, 0.5) is 0 Å². The largest absolute Gasteiger partial charge is 0.496 e. The molecule has 1 rings (SSSR count). The predicted octanol–water partition coefficient (Wildman–Crippen LogP) is 4.24. The van der Waals surface area contributed by atoms with E-state index < -0.39 is 0 Å². The summed E-state index contributed by atoms with van der Waals surface area (Å²) >= 11 is 0. The molecule has 21 heavy (non-hydrogen) atoms. The molecule has 0 saturated carbocycles. The van der Waals surface area contributed by atoms with Gasteiger partial charge in [0.25, 0.3) is 0 Å². The molecule has 0 heterocycles. The van der Waals surface area contributed by atoms with Crippen LogP contribution in [-0.2, 0) is 16.0 Å². The molecular weight excluding hydrogens is 264 g/mol. The number of methoxy groups -OCH3 is 1. The SMILES string of the molecule is CCCCOC(=O)C(Cc1ccccc1OC)CC(C)C. The quantitative estimate of drug-likeness (QED) is 0.504. The van der Waals surface area contributed by atoms with Gasteiger partial charge in [0.05, 0.1) is 19.6 Å². The number of hydrogen-bond acceptors (Lipinski definition) is 3. The van der Waals surface area contributed by atoms with Crippen molar-refractivity contribution in [2.24, 2.45) is 11.8 Å². The second-order valence-electron chi connectivity index (χ2n) is 5.86. The van der Waals surface area contributed by atoms with E-state index in [9.17, 15) is 4.79 Å². The first-order valence-electron chi connectivity index (χ1n) is 7.87. The lowest BCUT2D eigenvalue weighted by Crippen LogP contribution is -2.22. The predicted molar refractivity (Wildman–Crippen MR) is 85.5 cm³/mol. The average molecular weight is 292 g/mol. The highest BCUT2D eigenvalue weighted by molar-refractivity contribution is 5.73. The lowest BCUT2D eigenvalue weighted by atomic mass is 9.90. The minimum absolute atomic E-state index is 0.0805. The molecule has 3 heteroatoms. The topological polar surface area (TPSA) is 35.5 Å². The van der Waals surface area contributed by atoms with Crippen molar-refractivity contribution in [2.75, 3.05) is 13.7 Å². The third kappa shape index (κ3) is 6.19. The van der Waals surface area contributed by atoms with Gasteiger partial charge in [-0.1, -0.05) is 45.4 Å². The van der Waals surface area contributed by atoms with Gasteiger partial charge in [-0.2, -0.15) is 0 Å². The highest BCUT2D eigenvalue weighted by Gasteiger charge is 2.23. The first kappa shape index (κ1) is 17.5. The molecule has 0 aromatic heterocycles. The van der Waals surface area contributed by atoms with Crippen molar-refractivity contribution in [1.29, 1.82) is 0 Å². The Kier molecular flexibility index (Phi) is 7.88. The maximum Gasteiger partial charge on any atom is 0.309 e. The molecule has 0 aliphatic carbocycles. The number of unbranched alkanes of at least 4 members (excludes halogenated alkanes) is 1. The van der Waals surface area contributed by atoms with Gasteiger partial charge in [-0.25, -0.2) is 0 Å². The van der Waals surface area contributed by atoms with Gasteiger partial charge in [0, 0.05) is 0 Å². The number of rotatable bonds is 9. The number of ether oxygens (including phenoxy) is 2. The van der Waals surface area contributed by atoms with Gasteiger partial charge in [-0.3, -0.25) is 4.79 Å². The second kappa shape index (κ2) is 9.43. The second-order valence-corrected chi connectivity index (χ2v) is 5.86. The van der Waals surface area contributed by atoms with Gasteiger partial charge in [0.2, 0.25) is 0 Å². The lowest BCUT2D eigenvalue weighted by Gasteiger charge is -2.19. The molecule has 0 spiro atoms. The smallest absolute Gasteiger partial charge is 0.309 e. The molecule has 0 saturated heterocycles. The minimum atomic E-state index is -0.0989. The molecule has 3 nitrogen and oxygen atoms in total. The Morgan fingerprint density at radius 3 is 2.57 bits per heavy atom. The van der Waals surface area contributed by atoms with Crippen molar-refractivity contribution in [2.45, 2.75) is 46.5 Å². The van der Waals surface area contributed by atoms with Crippen LogP contribution in [0.25, 0.3) is 0 Å². The Labute approximate surface area is 128 Å². The fourth-order valence-corrected chi connectivity index (χ4v) is 2.40. The number of hydrogen-bond donors (Lipinski definition) is 0. The molecule has 1 aromatic carbocycles. The summed E-state index contributed by atoms with van der Waals surface area (Å²) < 4.78 is 10.8. The molecule has 0 aliphatic heterocycles. The van der Waals surface area contributed by atoms with Crippen LogP contribution in [-0.4, -0.2) is 19.7 Å². The van der Waals surface area contributed by atoms with Crippen molar-refractivity contribution in [1.82, 2.24) is 0 Å². The van der Waals surface area contributed by atoms with E-state index in [4.69, 9.17) is 9.47 Å². The summed E-state index contributed by atoms with van der Waals surface area (Å²) in [7, 11) is 1.66. The number of carbonyl (C=O) groups excluding carboxylic acids is 1. The Morgan fingerprint density at radius 1 is 1.24 bits per heavy atom. The van der Waals surface area contributed by atoms with Crippen LogP contribution in [0, 0.1) is 11.8 Å². The first-order valence-corrected chi connectivity index (χ1v) is 7.87. The summed E-state index contributed by atoms with van der Waals surface area (Å²) in [6.07, 6.45) is 3.47. The summed E-state index contributed by atoms with van der Waals surface area (Å²) in [6, 6.07) is 7.88. The number of benzene rings is 1. The van der Waals surface area contributed by atoms with E-state index in [1.807, 2.05) is 24.3 Å². The van der Waals surface area contributed by atoms with Gasteiger partial charge in [0.1, 0.15) is 5.75 Å². The average Bonchev–Trinajstić information content (AvgIpc) is 2.46. The Hall–Kier alpha value is -1.51. The summed E-state index contributed by atoms with van der Waals surface area (Å²) in [6.45, 7) is 6.88. The molecule has 1 aromatic rings. The van der Waals surface area contributed by atoms with Crippen molar-refractivity contribution in [3.8, 4) is 5.75 Å². The molecule has 1 atom stereocenters. The summed E-state index contributed by atoms with van der Waals surface area (Å²) in [5.74, 6) is 1.12. The Balaban J connectivity index is 2.75. The molecule has 0 fully saturated rings. The third-order valence-electron chi connectivity index (χ3n) is 3.49. The van der Waals surface area contributed by atoms with Gasteiger partial charge in [-0.05, 0) is 36.8 Å². The minimum Gasteiger partial charge on any atom is -0.496 e. The Bertz CT molecular complexity index is 426. The van der Waals surface area contributed by atoms with Gasteiger partial charge in [-0.15, -0.1) is 0 Å².